The smallest absolute Gasteiger partial charge is 0.234 e. The van der Waals surface area contributed by atoms with Crippen molar-refractivity contribution in [2.45, 2.75) is 13.3 Å². The maximum absolute atomic E-state index is 10.1. The fourth-order valence-electron chi connectivity index (χ4n) is 0.244. The van der Waals surface area contributed by atoms with Crippen LogP contribution in [0.4, 0.5) is 0 Å². The molecular formula is C4H9N2O. The van der Waals surface area contributed by atoms with E-state index in [1.54, 1.807) is 13.3 Å². The summed E-state index contributed by atoms with van der Waals surface area (Å²) in [5, 5.41) is 0. The molecule has 0 aromatic heterocycles. The fraction of sp³-hybridized carbons (Fsp3) is 0.500. The van der Waals surface area contributed by atoms with Gasteiger partial charge in [-0.2, -0.15) is 0 Å². The molecule has 0 heterocycles. The number of carbonyl (C=O) groups is 1. The van der Waals surface area contributed by atoms with Crippen molar-refractivity contribution in [2.24, 2.45) is 5.84 Å². The van der Waals surface area contributed by atoms with E-state index in [0.29, 0.717) is 6.42 Å². The third-order valence-corrected chi connectivity index (χ3v) is 0.551. The summed E-state index contributed by atoms with van der Waals surface area (Å²) < 4.78 is 0. The number of hydrogen-bond donors (Lipinski definition) is 2. The Morgan fingerprint density at radius 3 is 2.71 bits per heavy atom. The van der Waals surface area contributed by atoms with Crippen LogP contribution < -0.4 is 11.3 Å². The van der Waals surface area contributed by atoms with Gasteiger partial charge in [-0.3, -0.25) is 10.2 Å². The number of amides is 1. The Balaban J connectivity index is 3.00. The van der Waals surface area contributed by atoms with Crippen molar-refractivity contribution in [3.63, 3.8) is 0 Å². The number of carbonyl (C=O) groups excluding carboxylic acids is 1. The summed E-state index contributed by atoms with van der Waals surface area (Å²) in [5.74, 6) is 4.59. The third kappa shape index (κ3) is 3.26. The van der Waals surface area contributed by atoms with E-state index in [2.05, 4.69) is 0 Å². The van der Waals surface area contributed by atoms with E-state index in [4.69, 9.17) is 5.84 Å². The molecule has 0 aromatic carbocycles. The fourth-order valence-corrected chi connectivity index (χ4v) is 0.244. The lowest BCUT2D eigenvalue weighted by Gasteiger charge is -1.91. The monoisotopic (exact) mass is 101 g/mol. The first kappa shape index (κ1) is 6.43. The first-order valence-electron chi connectivity index (χ1n) is 2.08. The summed E-state index contributed by atoms with van der Waals surface area (Å²) in [7, 11) is 0. The van der Waals surface area contributed by atoms with Gasteiger partial charge in [0, 0.05) is 6.42 Å². The molecule has 41 valence electrons. The van der Waals surface area contributed by atoms with E-state index >= 15 is 0 Å². The Morgan fingerprint density at radius 1 is 2.00 bits per heavy atom. The highest BCUT2D eigenvalue weighted by atomic mass is 16.2. The molecule has 0 spiro atoms. The normalized spacial score (nSPS) is 8.29. The molecule has 0 saturated heterocycles. The molecule has 1 amide bonds. The molecule has 0 unspecified atom stereocenters. The minimum absolute atomic E-state index is 0.150. The van der Waals surface area contributed by atoms with Gasteiger partial charge in [-0.15, -0.1) is 0 Å². The van der Waals surface area contributed by atoms with Crippen molar-refractivity contribution in [2.75, 3.05) is 0 Å². The number of hydrogen-bond acceptors (Lipinski definition) is 2. The van der Waals surface area contributed by atoms with E-state index in [0.717, 1.165) is 0 Å². The molecular weight excluding hydrogens is 92.1 g/mol. The van der Waals surface area contributed by atoms with E-state index in [1.165, 1.54) is 0 Å². The molecule has 0 bridgehead atoms. The first-order valence-corrected chi connectivity index (χ1v) is 2.08. The van der Waals surface area contributed by atoms with E-state index in [9.17, 15) is 4.79 Å². The van der Waals surface area contributed by atoms with Crippen LogP contribution in [-0.2, 0) is 4.79 Å². The summed E-state index contributed by atoms with van der Waals surface area (Å²) in [6.45, 7) is 1.80. The highest BCUT2D eigenvalue weighted by Crippen LogP contribution is 1.79. The number of hydrazine groups is 1. The molecule has 1 radical (unpaired) electrons. The van der Waals surface area contributed by atoms with Gasteiger partial charge in [-0.1, -0.05) is 6.92 Å². The third-order valence-electron chi connectivity index (χ3n) is 0.551. The van der Waals surface area contributed by atoms with Gasteiger partial charge in [0.2, 0.25) is 5.91 Å². The Hall–Kier alpha value is -0.570. The summed E-state index contributed by atoms with van der Waals surface area (Å²) in [6.07, 6.45) is 2.14. The van der Waals surface area contributed by atoms with Crippen molar-refractivity contribution >= 4 is 5.91 Å². The van der Waals surface area contributed by atoms with Crippen molar-refractivity contribution in [1.82, 2.24) is 5.43 Å². The maximum Gasteiger partial charge on any atom is 0.234 e. The average Bonchev–Trinajstić information content (AvgIpc) is 1.68. The molecule has 7 heavy (non-hydrogen) atoms. The van der Waals surface area contributed by atoms with E-state index in [1.807, 2.05) is 5.43 Å². The predicted octanol–water partition coefficient (Wildman–Crippen LogP) is -0.409. The molecule has 0 aromatic rings. The predicted molar refractivity (Wildman–Crippen MR) is 26.9 cm³/mol. The van der Waals surface area contributed by atoms with Crippen LogP contribution in [0.1, 0.15) is 13.3 Å². The largest absolute Gasteiger partial charge is 0.294 e. The molecule has 3 nitrogen and oxygen atoms in total. The van der Waals surface area contributed by atoms with Gasteiger partial charge in [0.25, 0.3) is 0 Å². The van der Waals surface area contributed by atoms with Gasteiger partial charge in [0.15, 0.2) is 0 Å². The Morgan fingerprint density at radius 2 is 2.57 bits per heavy atom. The van der Waals surface area contributed by atoms with Crippen LogP contribution in [0.15, 0.2) is 0 Å². The summed E-state index contributed by atoms with van der Waals surface area (Å²) in [6, 6.07) is 0. The molecule has 0 aliphatic carbocycles. The van der Waals surface area contributed by atoms with Crippen LogP contribution in [0.2, 0.25) is 0 Å². The molecule has 0 aliphatic rings. The number of rotatable bonds is 2. The van der Waals surface area contributed by atoms with Crippen LogP contribution in [0.25, 0.3) is 0 Å². The average molecular weight is 101 g/mol. The topological polar surface area (TPSA) is 55.1 Å². The Kier molecular flexibility index (Phi) is 3.32. The van der Waals surface area contributed by atoms with Gasteiger partial charge >= 0.3 is 0 Å². The van der Waals surface area contributed by atoms with Crippen LogP contribution in [-0.4, -0.2) is 5.91 Å². The van der Waals surface area contributed by atoms with Crippen LogP contribution >= 0.6 is 0 Å². The van der Waals surface area contributed by atoms with Crippen molar-refractivity contribution in [3.8, 4) is 0 Å². The summed E-state index contributed by atoms with van der Waals surface area (Å²) in [5.41, 5.74) is 2.00. The van der Waals surface area contributed by atoms with Gasteiger partial charge < -0.3 is 0 Å². The lowest BCUT2D eigenvalue weighted by Crippen LogP contribution is -2.29. The highest BCUT2D eigenvalue weighted by molar-refractivity contribution is 5.76. The second kappa shape index (κ2) is 3.61. The highest BCUT2D eigenvalue weighted by Gasteiger charge is 1.90. The molecule has 3 heteroatoms. The zero-order valence-corrected chi connectivity index (χ0v) is 4.27. The molecule has 0 saturated carbocycles. The Bertz CT molecular complexity index is 62.7. The minimum atomic E-state index is -0.150. The quantitative estimate of drug-likeness (QED) is 0.282. The van der Waals surface area contributed by atoms with E-state index < -0.39 is 0 Å². The summed E-state index contributed by atoms with van der Waals surface area (Å²) in [4.78, 5) is 10.1. The molecule has 0 atom stereocenters. The minimum Gasteiger partial charge on any atom is -0.294 e. The van der Waals surface area contributed by atoms with Gasteiger partial charge in [0.1, 0.15) is 0 Å². The first-order chi connectivity index (χ1) is 3.31. The van der Waals surface area contributed by atoms with Crippen LogP contribution in [0.3, 0.4) is 0 Å². The molecule has 0 aliphatic heterocycles. The van der Waals surface area contributed by atoms with Crippen molar-refractivity contribution in [3.05, 3.63) is 6.42 Å². The molecule has 0 fully saturated rings. The van der Waals surface area contributed by atoms with Gasteiger partial charge in [-0.05, 0) is 6.42 Å². The molecule has 3 N–H and O–H groups in total. The van der Waals surface area contributed by atoms with Gasteiger partial charge in [0.05, 0.1) is 0 Å². The number of nitrogens with one attached hydrogen (secondary N) is 1. The lowest BCUT2D eigenvalue weighted by molar-refractivity contribution is -0.120. The van der Waals surface area contributed by atoms with Gasteiger partial charge in [-0.25, -0.2) is 5.84 Å². The second-order valence-corrected chi connectivity index (χ2v) is 1.18. The second-order valence-electron chi connectivity index (χ2n) is 1.18. The molecule has 0 rings (SSSR count). The van der Waals surface area contributed by atoms with Crippen LogP contribution in [0, 0.1) is 6.42 Å². The standard InChI is InChI=1S/C4H9N2O/c1-2-3-4(7)6-5/h2H,3,5H2,1H3,(H,6,7). The maximum atomic E-state index is 10.1. The van der Waals surface area contributed by atoms with E-state index in [-0.39, 0.29) is 5.91 Å². The SMILES string of the molecule is C[CH]CC(=O)NN. The zero-order valence-electron chi connectivity index (χ0n) is 4.27. The Labute approximate surface area is 42.9 Å². The van der Waals surface area contributed by atoms with Crippen molar-refractivity contribution in [1.29, 1.82) is 0 Å². The van der Waals surface area contributed by atoms with Crippen molar-refractivity contribution < 1.29 is 4.79 Å². The van der Waals surface area contributed by atoms with Crippen LogP contribution in [0.5, 0.6) is 0 Å². The lowest BCUT2D eigenvalue weighted by atomic mass is 10.3. The summed E-state index contributed by atoms with van der Waals surface area (Å²) >= 11 is 0. The zero-order chi connectivity index (χ0) is 5.70. The number of nitrogens with two attached hydrogens (primary N) is 1.